The molecule has 2 rings (SSSR count). The average Bonchev–Trinajstić information content (AvgIpc) is 2.37. The lowest BCUT2D eigenvalue weighted by Gasteiger charge is -2.06. The third-order valence-electron chi connectivity index (χ3n) is 2.58. The molecule has 96 valence electrons. The highest BCUT2D eigenvalue weighted by Crippen LogP contribution is 2.27. The van der Waals surface area contributed by atoms with Gasteiger partial charge in [-0.25, -0.2) is 9.18 Å². The number of halogens is 1. The Morgan fingerprint density at radius 1 is 1.21 bits per heavy atom. The summed E-state index contributed by atoms with van der Waals surface area (Å²) in [6.45, 7) is 0. The number of carbonyl (C=O) groups is 1. The van der Waals surface area contributed by atoms with Gasteiger partial charge in [-0.2, -0.15) is 0 Å². The van der Waals surface area contributed by atoms with Crippen LogP contribution in [-0.4, -0.2) is 16.0 Å². The Kier molecular flexibility index (Phi) is 3.24. The van der Waals surface area contributed by atoms with Crippen molar-refractivity contribution in [1.82, 2.24) is 0 Å². The Labute approximate surface area is 107 Å². The number of nitrogens with zero attached hydrogens (tertiary/aromatic N) is 1. The summed E-state index contributed by atoms with van der Waals surface area (Å²) in [5.41, 5.74) is 0.0299. The van der Waals surface area contributed by atoms with E-state index < -0.39 is 16.7 Å². The van der Waals surface area contributed by atoms with Gasteiger partial charge in [-0.1, -0.05) is 12.1 Å². The van der Waals surface area contributed by atoms with Gasteiger partial charge in [0.2, 0.25) is 0 Å². The van der Waals surface area contributed by atoms with E-state index in [0.717, 1.165) is 6.07 Å². The lowest BCUT2D eigenvalue weighted by molar-refractivity contribution is -0.384. The summed E-state index contributed by atoms with van der Waals surface area (Å²) >= 11 is 0. The molecule has 19 heavy (non-hydrogen) atoms. The summed E-state index contributed by atoms with van der Waals surface area (Å²) in [5.74, 6) is -1.81. The fourth-order valence-corrected chi connectivity index (χ4v) is 1.73. The second-order valence-corrected chi connectivity index (χ2v) is 3.80. The number of carboxylic acid groups (broad SMARTS) is 1. The minimum Gasteiger partial charge on any atom is -0.478 e. The number of rotatable bonds is 3. The molecule has 6 heteroatoms. The number of aromatic carboxylic acids is 1. The molecule has 0 saturated heterocycles. The van der Waals surface area contributed by atoms with Crippen LogP contribution >= 0.6 is 0 Å². The molecule has 0 amide bonds. The van der Waals surface area contributed by atoms with Crippen molar-refractivity contribution in [2.24, 2.45) is 0 Å². The van der Waals surface area contributed by atoms with Gasteiger partial charge in [0.1, 0.15) is 5.82 Å². The largest absolute Gasteiger partial charge is 0.478 e. The normalized spacial score (nSPS) is 10.2. The molecule has 0 atom stereocenters. The Balaban J connectivity index is 2.63. The number of non-ortho nitro benzene ring substituents is 1. The zero-order chi connectivity index (χ0) is 14.0. The van der Waals surface area contributed by atoms with Crippen LogP contribution < -0.4 is 0 Å². The molecule has 1 N–H and O–H groups in total. The molecule has 0 aliphatic rings. The predicted octanol–water partition coefficient (Wildman–Crippen LogP) is 3.10. The molecule has 0 spiro atoms. The number of nitro benzene ring substituents is 1. The fourth-order valence-electron chi connectivity index (χ4n) is 1.73. The first kappa shape index (κ1) is 12.7. The molecular weight excluding hydrogens is 253 g/mol. The molecule has 5 nitrogen and oxygen atoms in total. The predicted molar refractivity (Wildman–Crippen MR) is 65.4 cm³/mol. The van der Waals surface area contributed by atoms with Gasteiger partial charge < -0.3 is 5.11 Å². The van der Waals surface area contributed by atoms with E-state index in [9.17, 15) is 19.3 Å². The topological polar surface area (TPSA) is 80.4 Å². The molecule has 0 heterocycles. The molecule has 0 saturated carbocycles. The standard InChI is InChI=1S/C13H8FNO4/c14-9-3-1-2-8(6-9)11-5-4-10(15(18)19)7-12(11)13(16)17/h1-7H,(H,16,17). The zero-order valence-electron chi connectivity index (χ0n) is 9.54. The van der Waals surface area contributed by atoms with Crippen LogP contribution in [-0.2, 0) is 0 Å². The Bertz CT molecular complexity index is 669. The number of carboxylic acids is 1. The maximum Gasteiger partial charge on any atom is 0.336 e. The molecule has 0 aliphatic carbocycles. The van der Waals surface area contributed by atoms with Crippen molar-refractivity contribution in [1.29, 1.82) is 0 Å². The van der Waals surface area contributed by atoms with E-state index >= 15 is 0 Å². The highest BCUT2D eigenvalue weighted by atomic mass is 19.1. The van der Waals surface area contributed by atoms with Gasteiger partial charge >= 0.3 is 5.97 Å². The Hall–Kier alpha value is -2.76. The number of benzene rings is 2. The first-order chi connectivity index (χ1) is 8.99. The SMILES string of the molecule is O=C(O)c1cc([N+](=O)[O-])ccc1-c1cccc(F)c1. The summed E-state index contributed by atoms with van der Waals surface area (Å²) < 4.78 is 13.1. The summed E-state index contributed by atoms with van der Waals surface area (Å²) in [5, 5.41) is 19.7. The molecule has 0 aliphatic heterocycles. The van der Waals surface area contributed by atoms with Crippen LogP contribution in [0.15, 0.2) is 42.5 Å². The monoisotopic (exact) mass is 261 g/mol. The lowest BCUT2D eigenvalue weighted by atomic mass is 9.99. The van der Waals surface area contributed by atoms with Gasteiger partial charge in [-0.15, -0.1) is 0 Å². The van der Waals surface area contributed by atoms with Gasteiger partial charge in [0.15, 0.2) is 0 Å². The molecule has 0 aromatic heterocycles. The molecule has 2 aromatic carbocycles. The minimum absolute atomic E-state index is 0.234. The minimum atomic E-state index is -1.30. The Morgan fingerprint density at radius 3 is 2.53 bits per heavy atom. The fraction of sp³-hybridized carbons (Fsp3) is 0. The number of hydrogen-bond donors (Lipinski definition) is 1. The van der Waals surface area contributed by atoms with Crippen LogP contribution in [0.4, 0.5) is 10.1 Å². The van der Waals surface area contributed by atoms with Crippen molar-refractivity contribution in [3.05, 3.63) is 64.0 Å². The van der Waals surface area contributed by atoms with Gasteiger partial charge in [0.25, 0.3) is 5.69 Å². The van der Waals surface area contributed by atoms with Gasteiger partial charge in [0.05, 0.1) is 10.5 Å². The zero-order valence-corrected chi connectivity index (χ0v) is 9.54. The van der Waals surface area contributed by atoms with Crippen molar-refractivity contribution >= 4 is 11.7 Å². The van der Waals surface area contributed by atoms with Crippen molar-refractivity contribution in [2.45, 2.75) is 0 Å². The number of nitro groups is 1. The van der Waals surface area contributed by atoms with Crippen LogP contribution in [0.2, 0.25) is 0 Å². The van der Waals surface area contributed by atoms with Crippen molar-refractivity contribution in [3.8, 4) is 11.1 Å². The molecule has 0 bridgehead atoms. The highest BCUT2D eigenvalue weighted by molar-refractivity contribution is 5.96. The van der Waals surface area contributed by atoms with Crippen molar-refractivity contribution in [3.63, 3.8) is 0 Å². The van der Waals surface area contributed by atoms with Gasteiger partial charge in [-0.05, 0) is 29.3 Å². The molecule has 0 unspecified atom stereocenters. The third kappa shape index (κ3) is 2.57. The summed E-state index contributed by atoms with van der Waals surface area (Å²) in [7, 11) is 0. The average molecular weight is 261 g/mol. The van der Waals surface area contributed by atoms with Crippen LogP contribution in [0.3, 0.4) is 0 Å². The quantitative estimate of drug-likeness (QED) is 0.680. The second-order valence-electron chi connectivity index (χ2n) is 3.80. The van der Waals surface area contributed by atoms with Gasteiger partial charge in [-0.3, -0.25) is 10.1 Å². The van der Waals surface area contributed by atoms with Crippen LogP contribution in [0.1, 0.15) is 10.4 Å². The van der Waals surface area contributed by atoms with Crippen LogP contribution in [0, 0.1) is 15.9 Å². The molecule has 0 fully saturated rings. The first-order valence-corrected chi connectivity index (χ1v) is 5.26. The number of hydrogen-bond acceptors (Lipinski definition) is 3. The molecule has 0 radical (unpaired) electrons. The van der Waals surface area contributed by atoms with E-state index in [1.807, 2.05) is 0 Å². The van der Waals surface area contributed by atoms with E-state index in [0.29, 0.717) is 5.56 Å². The van der Waals surface area contributed by atoms with Crippen LogP contribution in [0.25, 0.3) is 11.1 Å². The van der Waals surface area contributed by atoms with E-state index in [1.54, 1.807) is 0 Å². The van der Waals surface area contributed by atoms with E-state index in [-0.39, 0.29) is 16.8 Å². The van der Waals surface area contributed by atoms with Crippen molar-refractivity contribution < 1.29 is 19.2 Å². The lowest BCUT2D eigenvalue weighted by Crippen LogP contribution is -2.01. The van der Waals surface area contributed by atoms with E-state index in [4.69, 9.17) is 5.11 Å². The third-order valence-corrected chi connectivity index (χ3v) is 2.58. The van der Waals surface area contributed by atoms with Crippen molar-refractivity contribution in [2.75, 3.05) is 0 Å². The molecule has 2 aromatic rings. The Morgan fingerprint density at radius 2 is 1.95 bits per heavy atom. The maximum absolute atomic E-state index is 13.1. The second kappa shape index (κ2) is 4.85. The maximum atomic E-state index is 13.1. The van der Waals surface area contributed by atoms with Crippen LogP contribution in [0.5, 0.6) is 0 Å². The molecular formula is C13H8FNO4. The highest BCUT2D eigenvalue weighted by Gasteiger charge is 2.17. The van der Waals surface area contributed by atoms with E-state index in [1.165, 1.54) is 36.4 Å². The smallest absolute Gasteiger partial charge is 0.336 e. The summed E-state index contributed by atoms with van der Waals surface area (Å²) in [6, 6.07) is 8.84. The van der Waals surface area contributed by atoms with Gasteiger partial charge in [0, 0.05) is 12.1 Å². The van der Waals surface area contributed by atoms with E-state index in [2.05, 4.69) is 0 Å². The first-order valence-electron chi connectivity index (χ1n) is 5.26. The summed E-state index contributed by atoms with van der Waals surface area (Å²) in [4.78, 5) is 21.1. The summed E-state index contributed by atoms with van der Waals surface area (Å²) in [6.07, 6.45) is 0.